The first-order chi connectivity index (χ1) is 8.03. The number of fused-ring (bicyclic) bond motifs is 3. The molecule has 1 aliphatic heterocycles. The van der Waals surface area contributed by atoms with Crippen molar-refractivity contribution in [3.63, 3.8) is 0 Å². The summed E-state index contributed by atoms with van der Waals surface area (Å²) < 4.78 is 0. The summed E-state index contributed by atoms with van der Waals surface area (Å²) in [7, 11) is 0. The fourth-order valence-corrected chi connectivity index (χ4v) is 4.98. The van der Waals surface area contributed by atoms with Crippen molar-refractivity contribution < 1.29 is 9.59 Å². The van der Waals surface area contributed by atoms with Gasteiger partial charge >= 0.3 is 0 Å². The fraction of sp³-hybridized carbons (Fsp3) is 0.857. The van der Waals surface area contributed by atoms with Gasteiger partial charge in [0.25, 0.3) is 0 Å². The number of carbonyl (C=O) groups is 2. The van der Waals surface area contributed by atoms with E-state index in [1.165, 1.54) is 19.3 Å². The first-order valence-corrected chi connectivity index (χ1v) is 6.86. The highest BCUT2D eigenvalue weighted by Gasteiger charge is 2.59. The number of nitrogens with one attached hydrogen (secondary N) is 1. The molecule has 2 amide bonds. The van der Waals surface area contributed by atoms with E-state index in [0.29, 0.717) is 18.3 Å². The van der Waals surface area contributed by atoms with Gasteiger partial charge in [0.15, 0.2) is 0 Å². The van der Waals surface area contributed by atoms with Crippen molar-refractivity contribution in [2.75, 3.05) is 0 Å². The quantitative estimate of drug-likeness (QED) is 0.708. The Morgan fingerprint density at radius 2 is 2.06 bits per heavy atom. The number of carbonyl (C=O) groups excluding carboxylic acids is 2. The van der Waals surface area contributed by atoms with Crippen LogP contribution in [0.15, 0.2) is 0 Å². The molecule has 17 heavy (non-hydrogen) atoms. The van der Waals surface area contributed by atoms with Crippen molar-refractivity contribution in [2.24, 2.45) is 29.1 Å². The van der Waals surface area contributed by atoms with E-state index in [-0.39, 0.29) is 23.1 Å². The van der Waals surface area contributed by atoms with E-state index in [2.05, 4.69) is 19.2 Å². The minimum Gasteiger partial charge on any atom is -0.296 e. The molecular weight excluding hydrogens is 214 g/mol. The van der Waals surface area contributed by atoms with Crippen LogP contribution in [0.1, 0.15) is 46.0 Å². The predicted octanol–water partition coefficient (Wildman–Crippen LogP) is 2.11. The van der Waals surface area contributed by atoms with Gasteiger partial charge in [-0.05, 0) is 42.4 Å². The molecule has 0 radical (unpaired) electrons. The Bertz CT molecular complexity index is 376. The van der Waals surface area contributed by atoms with Crippen molar-refractivity contribution in [3.05, 3.63) is 0 Å². The summed E-state index contributed by atoms with van der Waals surface area (Å²) in [6, 6.07) is 0. The normalized spacial score (nSPS) is 44.8. The van der Waals surface area contributed by atoms with Crippen LogP contribution in [0.3, 0.4) is 0 Å². The molecule has 3 rings (SSSR count). The van der Waals surface area contributed by atoms with Crippen LogP contribution in [-0.4, -0.2) is 11.8 Å². The molecule has 0 aromatic carbocycles. The van der Waals surface area contributed by atoms with E-state index in [4.69, 9.17) is 0 Å². The van der Waals surface area contributed by atoms with Gasteiger partial charge in [-0.25, -0.2) is 0 Å². The van der Waals surface area contributed by atoms with Gasteiger partial charge in [0.05, 0.1) is 0 Å². The topological polar surface area (TPSA) is 46.2 Å². The Hall–Kier alpha value is -0.860. The monoisotopic (exact) mass is 235 g/mol. The second kappa shape index (κ2) is 3.56. The van der Waals surface area contributed by atoms with E-state index in [1.54, 1.807) is 0 Å². The van der Waals surface area contributed by atoms with Crippen LogP contribution in [0.5, 0.6) is 0 Å². The average Bonchev–Trinajstić information content (AvgIpc) is 2.74. The van der Waals surface area contributed by atoms with Crippen LogP contribution < -0.4 is 5.32 Å². The molecule has 1 heterocycles. The molecule has 3 heteroatoms. The zero-order valence-electron chi connectivity index (χ0n) is 10.7. The lowest BCUT2D eigenvalue weighted by molar-refractivity contribution is -0.149. The van der Waals surface area contributed by atoms with E-state index in [0.717, 1.165) is 12.3 Å². The van der Waals surface area contributed by atoms with Crippen molar-refractivity contribution in [3.8, 4) is 0 Å². The lowest BCUT2D eigenvalue weighted by atomic mass is 9.58. The molecule has 3 fully saturated rings. The van der Waals surface area contributed by atoms with Crippen LogP contribution in [-0.2, 0) is 9.59 Å². The highest BCUT2D eigenvalue weighted by Crippen LogP contribution is 2.63. The zero-order chi connectivity index (χ0) is 12.2. The molecule has 2 saturated carbocycles. The maximum absolute atomic E-state index is 12.2. The van der Waals surface area contributed by atoms with Crippen molar-refractivity contribution in [2.45, 2.75) is 46.0 Å². The summed E-state index contributed by atoms with van der Waals surface area (Å²) in [6.07, 6.45) is 5.49. The van der Waals surface area contributed by atoms with E-state index >= 15 is 0 Å². The molecule has 2 bridgehead atoms. The minimum atomic E-state index is -0.0422. The molecule has 4 unspecified atom stereocenters. The Balaban J connectivity index is 1.99. The van der Waals surface area contributed by atoms with E-state index < -0.39 is 0 Å². The Kier molecular flexibility index (Phi) is 2.36. The molecule has 1 N–H and O–H groups in total. The first-order valence-electron chi connectivity index (χ1n) is 6.86. The Morgan fingerprint density at radius 1 is 1.29 bits per heavy atom. The van der Waals surface area contributed by atoms with Crippen molar-refractivity contribution in [1.29, 1.82) is 0 Å². The third-order valence-corrected chi connectivity index (χ3v) is 5.34. The average molecular weight is 235 g/mol. The molecule has 3 nitrogen and oxygen atoms in total. The SMILES string of the molecule is CC(C)C1C(=O)NC(=O)CC12CC1CCC2C1. The highest BCUT2D eigenvalue weighted by atomic mass is 16.2. The lowest BCUT2D eigenvalue weighted by Gasteiger charge is -2.47. The molecule has 94 valence electrons. The number of hydrogen-bond donors (Lipinski definition) is 1. The van der Waals surface area contributed by atoms with Crippen LogP contribution >= 0.6 is 0 Å². The molecule has 0 aromatic heterocycles. The van der Waals surface area contributed by atoms with Gasteiger partial charge in [0, 0.05) is 12.3 Å². The van der Waals surface area contributed by atoms with Gasteiger partial charge in [-0.2, -0.15) is 0 Å². The smallest absolute Gasteiger partial charge is 0.230 e. The maximum Gasteiger partial charge on any atom is 0.230 e. The maximum atomic E-state index is 12.2. The van der Waals surface area contributed by atoms with Gasteiger partial charge < -0.3 is 0 Å². The Labute approximate surface area is 102 Å². The Morgan fingerprint density at radius 3 is 2.59 bits per heavy atom. The minimum absolute atomic E-state index is 0.0104. The summed E-state index contributed by atoms with van der Waals surface area (Å²) in [5.74, 6) is 1.73. The summed E-state index contributed by atoms with van der Waals surface area (Å²) in [5, 5.41) is 2.54. The summed E-state index contributed by atoms with van der Waals surface area (Å²) in [4.78, 5) is 23.9. The number of piperidine rings is 1. The molecule has 4 atom stereocenters. The van der Waals surface area contributed by atoms with Crippen molar-refractivity contribution >= 4 is 11.8 Å². The summed E-state index contributed by atoms with van der Waals surface area (Å²) in [6.45, 7) is 4.24. The molecular formula is C14H21NO2. The van der Waals surface area contributed by atoms with Crippen LogP contribution in [0.25, 0.3) is 0 Å². The third kappa shape index (κ3) is 1.47. The van der Waals surface area contributed by atoms with Crippen LogP contribution in [0.4, 0.5) is 0 Å². The largest absolute Gasteiger partial charge is 0.296 e. The van der Waals surface area contributed by atoms with Gasteiger partial charge in [-0.3, -0.25) is 14.9 Å². The van der Waals surface area contributed by atoms with Gasteiger partial charge in [0.1, 0.15) is 0 Å². The van der Waals surface area contributed by atoms with Gasteiger partial charge in [0.2, 0.25) is 11.8 Å². The highest BCUT2D eigenvalue weighted by molar-refractivity contribution is 6.00. The molecule has 3 aliphatic rings. The number of amides is 2. The fourth-order valence-electron chi connectivity index (χ4n) is 4.98. The van der Waals surface area contributed by atoms with Gasteiger partial charge in [-0.15, -0.1) is 0 Å². The number of rotatable bonds is 1. The third-order valence-electron chi connectivity index (χ3n) is 5.34. The summed E-state index contributed by atoms with van der Waals surface area (Å²) >= 11 is 0. The van der Waals surface area contributed by atoms with E-state index in [9.17, 15) is 9.59 Å². The molecule has 2 aliphatic carbocycles. The molecule has 1 saturated heterocycles. The molecule has 1 spiro atoms. The van der Waals surface area contributed by atoms with Crippen LogP contribution in [0, 0.1) is 29.1 Å². The van der Waals surface area contributed by atoms with Crippen LogP contribution in [0.2, 0.25) is 0 Å². The second-order valence-corrected chi connectivity index (χ2v) is 6.62. The summed E-state index contributed by atoms with van der Waals surface area (Å²) in [5.41, 5.74) is 0.0104. The predicted molar refractivity (Wildman–Crippen MR) is 64.0 cm³/mol. The zero-order valence-corrected chi connectivity index (χ0v) is 10.7. The second-order valence-electron chi connectivity index (χ2n) is 6.62. The number of imide groups is 1. The first kappa shape index (κ1) is 11.2. The lowest BCUT2D eigenvalue weighted by Crippen LogP contribution is -2.55. The van der Waals surface area contributed by atoms with E-state index in [1.807, 2.05) is 0 Å². The van der Waals surface area contributed by atoms with Crippen molar-refractivity contribution in [1.82, 2.24) is 5.32 Å². The standard InChI is InChI=1S/C14H21NO2/c1-8(2)12-13(17)15-11(16)7-14(12)6-9-3-4-10(14)5-9/h8-10,12H,3-7H2,1-2H3,(H,15,16,17). The molecule has 0 aromatic rings. The van der Waals surface area contributed by atoms with Gasteiger partial charge in [-0.1, -0.05) is 20.3 Å². The number of hydrogen-bond acceptors (Lipinski definition) is 2.